The fourth-order valence-corrected chi connectivity index (χ4v) is 3.90. The Morgan fingerprint density at radius 3 is 2.09 bits per heavy atom. The summed E-state index contributed by atoms with van der Waals surface area (Å²) in [7, 11) is -3.92. The first-order valence-corrected chi connectivity index (χ1v) is 8.46. The predicted molar refractivity (Wildman–Crippen MR) is 89.3 cm³/mol. The van der Waals surface area contributed by atoms with Gasteiger partial charge >= 0.3 is 0 Å². The Morgan fingerprint density at radius 1 is 1.00 bits per heavy atom. The van der Waals surface area contributed by atoms with E-state index in [0.29, 0.717) is 16.8 Å². The van der Waals surface area contributed by atoms with Crippen LogP contribution in [0.4, 0.5) is 11.4 Å². The van der Waals surface area contributed by atoms with E-state index >= 15 is 0 Å². The molecule has 0 aliphatic carbocycles. The van der Waals surface area contributed by atoms with Gasteiger partial charge in [-0.05, 0) is 49.9 Å². The summed E-state index contributed by atoms with van der Waals surface area (Å²) in [5.74, 6) is 0. The lowest BCUT2D eigenvalue weighted by Gasteiger charge is -2.15. The van der Waals surface area contributed by atoms with Gasteiger partial charge in [0.05, 0.1) is 15.5 Å². The lowest BCUT2D eigenvalue weighted by molar-refractivity contribution is -0.385. The second-order valence-electron chi connectivity index (χ2n) is 5.52. The van der Waals surface area contributed by atoms with Crippen molar-refractivity contribution in [3.63, 3.8) is 0 Å². The molecule has 0 aliphatic rings. The average molecular weight is 334 g/mol. The molecule has 0 bridgehead atoms. The number of nitro groups is 1. The average Bonchev–Trinajstić information content (AvgIpc) is 2.45. The first kappa shape index (κ1) is 17.0. The molecule has 0 heterocycles. The molecule has 0 saturated carbocycles. The summed E-state index contributed by atoms with van der Waals surface area (Å²) in [6.45, 7) is 6.89. The Labute approximate surface area is 135 Å². The quantitative estimate of drug-likeness (QED) is 0.683. The second-order valence-corrected chi connectivity index (χ2v) is 7.17. The van der Waals surface area contributed by atoms with Crippen molar-refractivity contribution in [2.24, 2.45) is 0 Å². The SMILES string of the molecule is Cc1cc([N+](=O)[O-])cc(S(=O)(=O)Nc2c(C)cccc2C)c1C. The van der Waals surface area contributed by atoms with Gasteiger partial charge in [0.2, 0.25) is 0 Å². The topological polar surface area (TPSA) is 89.3 Å². The highest BCUT2D eigenvalue weighted by molar-refractivity contribution is 7.92. The zero-order chi connectivity index (χ0) is 17.4. The summed E-state index contributed by atoms with van der Waals surface area (Å²) < 4.78 is 28.0. The summed E-state index contributed by atoms with van der Waals surface area (Å²) in [4.78, 5) is 10.3. The van der Waals surface area contributed by atoms with Gasteiger partial charge in [0.25, 0.3) is 15.7 Å². The maximum Gasteiger partial charge on any atom is 0.271 e. The number of sulfonamides is 1. The van der Waals surface area contributed by atoms with E-state index in [9.17, 15) is 18.5 Å². The molecule has 2 aromatic rings. The van der Waals surface area contributed by atoms with Gasteiger partial charge in [0, 0.05) is 12.1 Å². The van der Waals surface area contributed by atoms with E-state index < -0.39 is 14.9 Å². The number of aryl methyl sites for hydroxylation is 3. The van der Waals surface area contributed by atoms with Crippen molar-refractivity contribution < 1.29 is 13.3 Å². The third kappa shape index (κ3) is 3.34. The second kappa shape index (κ2) is 6.00. The molecule has 7 heteroatoms. The smallest absolute Gasteiger partial charge is 0.271 e. The zero-order valence-corrected chi connectivity index (χ0v) is 14.2. The monoisotopic (exact) mass is 334 g/mol. The Hall–Kier alpha value is -2.41. The van der Waals surface area contributed by atoms with Crippen LogP contribution in [0.5, 0.6) is 0 Å². The van der Waals surface area contributed by atoms with Crippen molar-refractivity contribution in [1.82, 2.24) is 0 Å². The molecule has 0 amide bonds. The van der Waals surface area contributed by atoms with Crippen LogP contribution in [0, 0.1) is 37.8 Å². The molecule has 2 rings (SSSR count). The number of nitrogens with one attached hydrogen (secondary N) is 1. The van der Waals surface area contributed by atoms with Gasteiger partial charge in [-0.1, -0.05) is 18.2 Å². The Morgan fingerprint density at radius 2 is 1.57 bits per heavy atom. The van der Waals surface area contributed by atoms with E-state index in [1.807, 2.05) is 6.07 Å². The zero-order valence-electron chi connectivity index (χ0n) is 13.4. The van der Waals surface area contributed by atoms with E-state index in [1.54, 1.807) is 39.8 Å². The van der Waals surface area contributed by atoms with Crippen molar-refractivity contribution in [2.45, 2.75) is 32.6 Å². The largest absolute Gasteiger partial charge is 0.279 e. The standard InChI is InChI=1S/C16H18N2O4S/c1-10-6-5-7-11(2)16(10)17-23(21,22)15-9-14(18(19)20)8-12(3)13(15)4/h5-9,17H,1-4H3. The molecule has 2 aromatic carbocycles. The number of anilines is 1. The summed E-state index contributed by atoms with van der Waals surface area (Å²) in [6, 6.07) is 7.91. The third-order valence-corrected chi connectivity index (χ3v) is 5.30. The van der Waals surface area contributed by atoms with Crippen LogP contribution in [0.1, 0.15) is 22.3 Å². The van der Waals surface area contributed by atoms with Crippen LogP contribution in [0.3, 0.4) is 0 Å². The molecule has 0 aliphatic heterocycles. The van der Waals surface area contributed by atoms with Crippen molar-refractivity contribution >= 4 is 21.4 Å². The molecular formula is C16H18N2O4S. The molecule has 0 saturated heterocycles. The number of non-ortho nitro benzene ring substituents is 1. The number of hydrogen-bond acceptors (Lipinski definition) is 4. The molecule has 1 N–H and O–H groups in total. The minimum Gasteiger partial charge on any atom is -0.279 e. The number of nitrogens with zero attached hydrogens (tertiary/aromatic N) is 1. The minimum atomic E-state index is -3.92. The van der Waals surface area contributed by atoms with E-state index in [0.717, 1.165) is 17.2 Å². The fourth-order valence-electron chi connectivity index (χ4n) is 2.36. The number of hydrogen-bond donors (Lipinski definition) is 1. The number of benzene rings is 2. The lowest BCUT2D eigenvalue weighted by atomic mass is 10.1. The Balaban J connectivity index is 2.59. The molecule has 0 fully saturated rings. The highest BCUT2D eigenvalue weighted by atomic mass is 32.2. The molecule has 0 spiro atoms. The van der Waals surface area contributed by atoms with Crippen LogP contribution in [0.15, 0.2) is 35.2 Å². The molecule has 0 unspecified atom stereocenters. The highest BCUT2D eigenvalue weighted by Gasteiger charge is 2.23. The molecule has 0 aromatic heterocycles. The van der Waals surface area contributed by atoms with E-state index in [4.69, 9.17) is 0 Å². The molecule has 122 valence electrons. The maximum atomic E-state index is 12.7. The van der Waals surface area contributed by atoms with Gasteiger partial charge in [0.15, 0.2) is 0 Å². The van der Waals surface area contributed by atoms with Crippen molar-refractivity contribution in [2.75, 3.05) is 4.72 Å². The van der Waals surface area contributed by atoms with Crippen molar-refractivity contribution in [1.29, 1.82) is 0 Å². The molecule has 0 radical (unpaired) electrons. The van der Waals surface area contributed by atoms with E-state index in [2.05, 4.69) is 4.72 Å². The first-order chi connectivity index (χ1) is 10.6. The molecule has 6 nitrogen and oxygen atoms in total. The lowest BCUT2D eigenvalue weighted by Crippen LogP contribution is -2.16. The van der Waals surface area contributed by atoms with Crippen molar-refractivity contribution in [3.8, 4) is 0 Å². The summed E-state index contributed by atoms with van der Waals surface area (Å²) >= 11 is 0. The summed E-state index contributed by atoms with van der Waals surface area (Å²) in [6.07, 6.45) is 0. The van der Waals surface area contributed by atoms with Crippen LogP contribution in [-0.2, 0) is 10.0 Å². The van der Waals surface area contributed by atoms with Crippen molar-refractivity contribution in [3.05, 3.63) is 62.7 Å². The van der Waals surface area contributed by atoms with Crippen LogP contribution >= 0.6 is 0 Å². The third-order valence-electron chi connectivity index (χ3n) is 3.82. The van der Waals surface area contributed by atoms with E-state index in [1.165, 1.54) is 6.07 Å². The molecule has 23 heavy (non-hydrogen) atoms. The van der Waals surface area contributed by atoms with Gasteiger partial charge < -0.3 is 0 Å². The van der Waals surface area contributed by atoms with Gasteiger partial charge in [-0.15, -0.1) is 0 Å². The fraction of sp³-hybridized carbons (Fsp3) is 0.250. The van der Waals surface area contributed by atoms with Gasteiger partial charge in [0.1, 0.15) is 0 Å². The van der Waals surface area contributed by atoms with Gasteiger partial charge in [-0.3, -0.25) is 14.8 Å². The van der Waals surface area contributed by atoms with Gasteiger partial charge in [-0.25, -0.2) is 8.42 Å². The predicted octanol–water partition coefficient (Wildman–Crippen LogP) is 3.63. The highest BCUT2D eigenvalue weighted by Crippen LogP contribution is 2.29. The number of para-hydroxylation sites is 1. The first-order valence-electron chi connectivity index (χ1n) is 6.98. The van der Waals surface area contributed by atoms with Crippen LogP contribution in [0.25, 0.3) is 0 Å². The Bertz CT molecular complexity index is 869. The summed E-state index contributed by atoms with van der Waals surface area (Å²) in [5, 5.41) is 11.0. The molecule has 0 atom stereocenters. The normalized spacial score (nSPS) is 11.3. The minimum absolute atomic E-state index is 0.0770. The molecular weight excluding hydrogens is 316 g/mol. The van der Waals surface area contributed by atoms with Crippen LogP contribution in [0.2, 0.25) is 0 Å². The van der Waals surface area contributed by atoms with Gasteiger partial charge in [-0.2, -0.15) is 0 Å². The summed E-state index contributed by atoms with van der Waals surface area (Å²) in [5.41, 5.74) is 2.88. The number of nitro benzene ring substituents is 1. The maximum absolute atomic E-state index is 12.7. The van der Waals surface area contributed by atoms with E-state index in [-0.39, 0.29) is 10.6 Å². The Kier molecular flexibility index (Phi) is 4.42. The van der Waals surface area contributed by atoms with Crippen LogP contribution < -0.4 is 4.72 Å². The number of rotatable bonds is 4. The van der Waals surface area contributed by atoms with Crippen LogP contribution in [-0.4, -0.2) is 13.3 Å².